The zero-order valence-corrected chi connectivity index (χ0v) is 19.8. The standard InChI is InChI=1S/C20H21NO7S.Na/c1-11(28-12(2)22)17-14-8-15(18(20(25)26)21(14)19(17)24)29-10-16(23)27-9-13-6-4-3-5-7-13;/h3-7,11,14,17H,8-10H2,1-2H3,(H,25,26);/q;+1/p-1/t11?,14-,17?;/m1./s1. The van der Waals surface area contributed by atoms with Crippen molar-refractivity contribution in [3.8, 4) is 0 Å². The van der Waals surface area contributed by atoms with Crippen LogP contribution >= 0.6 is 11.8 Å². The van der Waals surface area contributed by atoms with E-state index in [0.717, 1.165) is 22.2 Å². The van der Waals surface area contributed by atoms with Gasteiger partial charge in [0.15, 0.2) is 0 Å². The molecule has 0 aromatic heterocycles. The van der Waals surface area contributed by atoms with Gasteiger partial charge in [0, 0.05) is 18.2 Å². The number of carbonyl (C=O) groups excluding carboxylic acids is 4. The second-order valence-electron chi connectivity index (χ2n) is 6.81. The van der Waals surface area contributed by atoms with Crippen molar-refractivity contribution in [1.82, 2.24) is 4.90 Å². The van der Waals surface area contributed by atoms with E-state index >= 15 is 0 Å². The van der Waals surface area contributed by atoms with Crippen LogP contribution in [-0.4, -0.2) is 46.6 Å². The topological polar surface area (TPSA) is 113 Å². The van der Waals surface area contributed by atoms with Crippen LogP contribution in [0.25, 0.3) is 0 Å². The zero-order chi connectivity index (χ0) is 21.1. The minimum atomic E-state index is -1.47. The number of carboxylic acid groups (broad SMARTS) is 1. The molecule has 0 N–H and O–H groups in total. The van der Waals surface area contributed by atoms with Crippen LogP contribution in [0.1, 0.15) is 25.8 Å². The molecule has 1 aromatic rings. The number of carbonyl (C=O) groups is 4. The number of aliphatic carboxylic acids is 1. The fourth-order valence-electron chi connectivity index (χ4n) is 3.60. The van der Waals surface area contributed by atoms with Gasteiger partial charge in [-0.3, -0.25) is 14.4 Å². The summed E-state index contributed by atoms with van der Waals surface area (Å²) in [5.41, 5.74) is 0.630. The van der Waals surface area contributed by atoms with Crippen molar-refractivity contribution in [3.05, 3.63) is 46.5 Å². The molecule has 1 aromatic carbocycles. The van der Waals surface area contributed by atoms with E-state index in [-0.39, 0.29) is 54.0 Å². The van der Waals surface area contributed by atoms with Gasteiger partial charge in [-0.25, -0.2) is 0 Å². The maximum atomic E-state index is 12.4. The van der Waals surface area contributed by atoms with E-state index in [1.54, 1.807) is 6.92 Å². The van der Waals surface area contributed by atoms with Gasteiger partial charge in [-0.15, -0.1) is 11.8 Å². The molecule has 8 nitrogen and oxygen atoms in total. The molecule has 0 bridgehead atoms. The fraction of sp³-hybridized carbons (Fsp3) is 0.400. The molecular formula is C20H20NNaO7S. The van der Waals surface area contributed by atoms with Crippen molar-refractivity contribution in [1.29, 1.82) is 0 Å². The molecule has 0 spiro atoms. The Kier molecular flexibility index (Phi) is 8.54. The first-order valence-electron chi connectivity index (χ1n) is 9.06. The second kappa shape index (κ2) is 10.5. The Balaban J connectivity index is 0.00000320. The van der Waals surface area contributed by atoms with E-state index in [4.69, 9.17) is 9.47 Å². The number of benzene rings is 1. The van der Waals surface area contributed by atoms with E-state index in [1.165, 1.54) is 6.92 Å². The molecule has 0 aliphatic carbocycles. The Morgan fingerprint density at radius 2 is 1.93 bits per heavy atom. The molecule has 154 valence electrons. The van der Waals surface area contributed by atoms with Crippen LogP contribution in [0, 0.1) is 5.92 Å². The summed E-state index contributed by atoms with van der Waals surface area (Å²) in [4.78, 5) is 48.7. The number of esters is 2. The summed E-state index contributed by atoms with van der Waals surface area (Å²) in [6, 6.07) is 8.76. The van der Waals surface area contributed by atoms with Gasteiger partial charge in [-0.2, -0.15) is 0 Å². The first-order valence-corrected chi connectivity index (χ1v) is 10.0. The van der Waals surface area contributed by atoms with Crippen LogP contribution < -0.4 is 34.7 Å². The molecule has 2 aliphatic rings. The maximum Gasteiger partial charge on any atom is 1.00 e. The molecule has 2 heterocycles. The molecule has 3 rings (SSSR count). The summed E-state index contributed by atoms with van der Waals surface area (Å²) in [6.45, 7) is 2.98. The first-order chi connectivity index (χ1) is 13.8. The third-order valence-corrected chi connectivity index (χ3v) is 5.91. The second-order valence-corrected chi connectivity index (χ2v) is 7.88. The van der Waals surface area contributed by atoms with Crippen LogP contribution in [0.15, 0.2) is 40.9 Å². The zero-order valence-electron chi connectivity index (χ0n) is 17.0. The number of rotatable bonds is 8. The predicted molar refractivity (Wildman–Crippen MR) is 101 cm³/mol. The third kappa shape index (κ3) is 5.26. The first kappa shape index (κ1) is 24.5. The third-order valence-electron chi connectivity index (χ3n) is 4.83. The molecule has 2 aliphatic heterocycles. The quantitative estimate of drug-likeness (QED) is 0.250. The van der Waals surface area contributed by atoms with Gasteiger partial charge in [-0.1, -0.05) is 30.3 Å². The summed E-state index contributed by atoms with van der Waals surface area (Å²) < 4.78 is 10.3. The number of carboxylic acids is 1. The predicted octanol–water partition coefficient (Wildman–Crippen LogP) is -2.39. The summed E-state index contributed by atoms with van der Waals surface area (Å²) in [5.74, 6) is -3.60. The Bertz CT molecular complexity index is 873. The Hall–Kier alpha value is -1.81. The van der Waals surface area contributed by atoms with Crippen molar-refractivity contribution >= 4 is 35.6 Å². The van der Waals surface area contributed by atoms with E-state index in [2.05, 4.69) is 0 Å². The average Bonchev–Trinajstić information content (AvgIpc) is 2.99. The van der Waals surface area contributed by atoms with Crippen molar-refractivity contribution in [3.63, 3.8) is 0 Å². The van der Waals surface area contributed by atoms with Crippen LogP contribution in [-0.2, 0) is 35.3 Å². The number of β-lactam (4-membered cyclic amide) rings is 1. The van der Waals surface area contributed by atoms with Crippen molar-refractivity contribution < 1.29 is 63.3 Å². The minimum absolute atomic E-state index is 0. The summed E-state index contributed by atoms with van der Waals surface area (Å²) in [5, 5.41) is 11.6. The SMILES string of the molecule is CC(=O)OC(C)C1C(=O)N2C(C(=O)[O-])=C(SCC(=O)OCc3ccccc3)C[C@H]12.[Na+]. The van der Waals surface area contributed by atoms with Crippen LogP contribution in [0.2, 0.25) is 0 Å². The number of hydrogen-bond acceptors (Lipinski definition) is 8. The molecule has 3 atom stereocenters. The number of ether oxygens (including phenoxy) is 2. The van der Waals surface area contributed by atoms with Crippen molar-refractivity contribution in [2.45, 2.75) is 39.0 Å². The number of amides is 1. The Labute approximate surface area is 200 Å². The molecule has 1 saturated heterocycles. The summed E-state index contributed by atoms with van der Waals surface area (Å²) in [6.07, 6.45) is -0.397. The van der Waals surface area contributed by atoms with E-state index in [1.807, 2.05) is 30.3 Å². The normalized spacial score (nSPS) is 20.6. The van der Waals surface area contributed by atoms with E-state index < -0.39 is 41.9 Å². The van der Waals surface area contributed by atoms with Crippen LogP contribution in [0.3, 0.4) is 0 Å². The maximum absolute atomic E-state index is 12.4. The molecule has 1 amide bonds. The molecule has 0 saturated carbocycles. The van der Waals surface area contributed by atoms with Gasteiger partial charge in [-0.05, 0) is 12.5 Å². The minimum Gasteiger partial charge on any atom is -0.543 e. The van der Waals surface area contributed by atoms with Crippen LogP contribution in [0.5, 0.6) is 0 Å². The fourth-order valence-corrected chi connectivity index (χ4v) is 4.58. The molecule has 2 unspecified atom stereocenters. The van der Waals surface area contributed by atoms with Gasteiger partial charge in [0.1, 0.15) is 12.7 Å². The molecule has 10 heteroatoms. The smallest absolute Gasteiger partial charge is 0.543 e. The van der Waals surface area contributed by atoms with Crippen molar-refractivity contribution in [2.24, 2.45) is 5.92 Å². The van der Waals surface area contributed by atoms with Gasteiger partial charge < -0.3 is 24.3 Å². The molecule has 0 radical (unpaired) electrons. The number of fused-ring (bicyclic) bond motifs is 1. The van der Waals surface area contributed by atoms with Crippen molar-refractivity contribution in [2.75, 3.05) is 5.75 Å². The summed E-state index contributed by atoms with van der Waals surface area (Å²) in [7, 11) is 0. The van der Waals surface area contributed by atoms with Gasteiger partial charge >= 0.3 is 41.5 Å². The Morgan fingerprint density at radius 3 is 2.53 bits per heavy atom. The van der Waals surface area contributed by atoms with Gasteiger partial charge in [0.05, 0.1) is 29.4 Å². The van der Waals surface area contributed by atoms with Gasteiger partial charge in [0.25, 0.3) is 0 Å². The molecule has 30 heavy (non-hydrogen) atoms. The number of thioether (sulfide) groups is 1. The van der Waals surface area contributed by atoms with Crippen LogP contribution in [0.4, 0.5) is 0 Å². The van der Waals surface area contributed by atoms with Gasteiger partial charge in [0.2, 0.25) is 5.91 Å². The number of hydrogen-bond donors (Lipinski definition) is 0. The monoisotopic (exact) mass is 441 g/mol. The van der Waals surface area contributed by atoms with E-state index in [0.29, 0.717) is 4.91 Å². The number of nitrogens with zero attached hydrogens (tertiary/aromatic N) is 1. The van der Waals surface area contributed by atoms with E-state index in [9.17, 15) is 24.3 Å². The molecule has 1 fully saturated rings. The molecular weight excluding hydrogens is 421 g/mol. The average molecular weight is 441 g/mol. The Morgan fingerprint density at radius 1 is 1.27 bits per heavy atom. The largest absolute Gasteiger partial charge is 1.00 e. The summed E-state index contributed by atoms with van der Waals surface area (Å²) >= 11 is 1.02.